The molecule has 0 saturated carbocycles. The second-order valence-corrected chi connectivity index (χ2v) is 4.87. The molecule has 0 aromatic heterocycles. The minimum atomic E-state index is -0.340. The largest absolute Gasteiger partial charge is 0.314 e. The highest BCUT2D eigenvalue weighted by molar-refractivity contribution is 5.34. The summed E-state index contributed by atoms with van der Waals surface area (Å²) < 4.78 is 0. The van der Waals surface area contributed by atoms with Crippen molar-refractivity contribution in [3.05, 3.63) is 39.9 Å². The zero-order valence-corrected chi connectivity index (χ0v) is 11.3. The maximum Gasteiger partial charge on any atom is 0.269 e. The van der Waals surface area contributed by atoms with Crippen molar-refractivity contribution in [2.75, 3.05) is 6.54 Å². The molecule has 0 saturated heterocycles. The summed E-state index contributed by atoms with van der Waals surface area (Å²) in [5.74, 6) is 0.573. The molecular formula is C14H22N2O2. The molecule has 0 heterocycles. The fraction of sp³-hybridized carbons (Fsp3) is 0.571. The molecule has 1 rings (SSSR count). The summed E-state index contributed by atoms with van der Waals surface area (Å²) in [6.07, 6.45) is 1.88. The number of nitro benzene ring substituents is 1. The first-order chi connectivity index (χ1) is 8.54. The van der Waals surface area contributed by atoms with Crippen LogP contribution in [0, 0.1) is 16.0 Å². The van der Waals surface area contributed by atoms with E-state index in [9.17, 15) is 10.1 Å². The summed E-state index contributed by atoms with van der Waals surface area (Å²) in [6, 6.07) is 7.38. The van der Waals surface area contributed by atoms with E-state index in [1.54, 1.807) is 12.1 Å². The van der Waals surface area contributed by atoms with Gasteiger partial charge in [-0.15, -0.1) is 0 Å². The quantitative estimate of drug-likeness (QED) is 0.597. The second-order valence-electron chi connectivity index (χ2n) is 4.87. The van der Waals surface area contributed by atoms with Gasteiger partial charge < -0.3 is 5.32 Å². The highest BCUT2D eigenvalue weighted by Gasteiger charge is 2.12. The van der Waals surface area contributed by atoms with Crippen LogP contribution < -0.4 is 5.32 Å². The van der Waals surface area contributed by atoms with E-state index in [2.05, 4.69) is 26.1 Å². The number of benzene rings is 1. The number of nitrogens with one attached hydrogen (secondary N) is 1. The van der Waals surface area contributed by atoms with Gasteiger partial charge in [-0.3, -0.25) is 10.1 Å². The Bertz CT molecular complexity index is 391. The van der Waals surface area contributed by atoms with Gasteiger partial charge in [0.05, 0.1) is 4.92 Å². The molecule has 0 bridgehead atoms. The lowest BCUT2D eigenvalue weighted by Crippen LogP contribution is -2.34. The van der Waals surface area contributed by atoms with Gasteiger partial charge in [-0.25, -0.2) is 0 Å². The third kappa shape index (κ3) is 4.45. The van der Waals surface area contributed by atoms with E-state index in [-0.39, 0.29) is 10.6 Å². The van der Waals surface area contributed by atoms with E-state index in [1.165, 1.54) is 6.07 Å². The van der Waals surface area contributed by atoms with Gasteiger partial charge in [-0.05, 0) is 30.9 Å². The van der Waals surface area contributed by atoms with E-state index in [0.29, 0.717) is 12.0 Å². The van der Waals surface area contributed by atoms with Crippen LogP contribution in [0.5, 0.6) is 0 Å². The first-order valence-electron chi connectivity index (χ1n) is 6.51. The zero-order valence-electron chi connectivity index (χ0n) is 11.3. The first-order valence-corrected chi connectivity index (χ1v) is 6.51. The number of non-ortho nitro benzene ring substituents is 1. The number of aryl methyl sites for hydroxylation is 1. The van der Waals surface area contributed by atoms with Gasteiger partial charge in [-0.2, -0.15) is 0 Å². The van der Waals surface area contributed by atoms with E-state index in [1.807, 2.05) is 6.07 Å². The Kier molecular flexibility index (Phi) is 5.78. The normalized spacial score (nSPS) is 12.7. The number of hydrogen-bond donors (Lipinski definition) is 1. The van der Waals surface area contributed by atoms with Gasteiger partial charge in [0.1, 0.15) is 0 Å². The molecular weight excluding hydrogens is 228 g/mol. The summed E-state index contributed by atoms with van der Waals surface area (Å²) in [5, 5.41) is 14.2. The summed E-state index contributed by atoms with van der Waals surface area (Å²) in [5.41, 5.74) is 1.21. The molecule has 1 atom stereocenters. The minimum absolute atomic E-state index is 0.178. The molecule has 0 spiro atoms. The molecule has 0 radical (unpaired) electrons. The maximum atomic E-state index is 10.7. The molecule has 1 unspecified atom stereocenters. The SMILES string of the molecule is CCNC(CCc1cccc([N+](=O)[O-])c1)C(C)C. The van der Waals surface area contributed by atoms with Crippen molar-refractivity contribution in [1.29, 1.82) is 0 Å². The van der Waals surface area contributed by atoms with Crippen LogP contribution in [0.15, 0.2) is 24.3 Å². The predicted octanol–water partition coefficient (Wildman–Crippen LogP) is 3.16. The van der Waals surface area contributed by atoms with Crippen molar-refractivity contribution < 1.29 is 4.92 Å². The topological polar surface area (TPSA) is 55.2 Å². The van der Waals surface area contributed by atoms with Crippen LogP contribution in [0.1, 0.15) is 32.8 Å². The predicted molar refractivity (Wildman–Crippen MR) is 73.7 cm³/mol. The average molecular weight is 250 g/mol. The fourth-order valence-electron chi connectivity index (χ4n) is 2.08. The van der Waals surface area contributed by atoms with E-state index in [0.717, 1.165) is 24.9 Å². The molecule has 18 heavy (non-hydrogen) atoms. The van der Waals surface area contributed by atoms with Crippen LogP contribution in [0.4, 0.5) is 5.69 Å². The minimum Gasteiger partial charge on any atom is -0.314 e. The molecule has 0 amide bonds. The molecule has 4 nitrogen and oxygen atoms in total. The standard InChI is InChI=1S/C14H22N2O2/c1-4-15-14(11(2)3)9-8-12-6-5-7-13(10-12)16(17)18/h5-7,10-11,14-15H,4,8-9H2,1-3H3. The molecule has 1 N–H and O–H groups in total. The number of hydrogen-bond acceptors (Lipinski definition) is 3. The van der Waals surface area contributed by atoms with Crippen molar-refractivity contribution in [2.24, 2.45) is 5.92 Å². The Labute approximate surface area is 109 Å². The van der Waals surface area contributed by atoms with Crippen LogP contribution >= 0.6 is 0 Å². The Morgan fingerprint density at radius 1 is 1.39 bits per heavy atom. The van der Waals surface area contributed by atoms with Crippen molar-refractivity contribution >= 4 is 5.69 Å². The number of rotatable bonds is 7. The molecule has 0 aliphatic carbocycles. The molecule has 0 aliphatic rings. The van der Waals surface area contributed by atoms with Crippen molar-refractivity contribution in [3.63, 3.8) is 0 Å². The number of nitrogens with zero attached hydrogens (tertiary/aromatic N) is 1. The Hall–Kier alpha value is -1.42. The highest BCUT2D eigenvalue weighted by atomic mass is 16.6. The number of nitro groups is 1. The summed E-state index contributed by atoms with van der Waals surface area (Å²) >= 11 is 0. The van der Waals surface area contributed by atoms with Crippen LogP contribution in [0.3, 0.4) is 0 Å². The van der Waals surface area contributed by atoms with Crippen molar-refractivity contribution in [3.8, 4) is 0 Å². The Balaban J connectivity index is 2.61. The maximum absolute atomic E-state index is 10.7. The summed E-state index contributed by atoms with van der Waals surface area (Å²) in [7, 11) is 0. The highest BCUT2D eigenvalue weighted by Crippen LogP contribution is 2.16. The fourth-order valence-corrected chi connectivity index (χ4v) is 2.08. The molecule has 4 heteroatoms. The average Bonchev–Trinajstić information content (AvgIpc) is 2.34. The Morgan fingerprint density at radius 3 is 2.67 bits per heavy atom. The summed E-state index contributed by atoms with van der Waals surface area (Å²) in [6.45, 7) is 7.45. The van der Waals surface area contributed by atoms with Gasteiger partial charge >= 0.3 is 0 Å². The summed E-state index contributed by atoms with van der Waals surface area (Å²) in [4.78, 5) is 10.4. The van der Waals surface area contributed by atoms with Crippen LogP contribution in [-0.4, -0.2) is 17.5 Å². The van der Waals surface area contributed by atoms with E-state index in [4.69, 9.17) is 0 Å². The zero-order chi connectivity index (χ0) is 13.5. The molecule has 0 fully saturated rings. The second kappa shape index (κ2) is 7.11. The van der Waals surface area contributed by atoms with Gasteiger partial charge in [0, 0.05) is 18.2 Å². The lowest BCUT2D eigenvalue weighted by Gasteiger charge is -2.21. The lowest BCUT2D eigenvalue weighted by molar-refractivity contribution is -0.384. The van der Waals surface area contributed by atoms with Gasteiger partial charge in [0.25, 0.3) is 5.69 Å². The molecule has 1 aromatic carbocycles. The first kappa shape index (κ1) is 14.6. The Morgan fingerprint density at radius 2 is 2.11 bits per heavy atom. The van der Waals surface area contributed by atoms with Gasteiger partial charge in [0.2, 0.25) is 0 Å². The molecule has 0 aliphatic heterocycles. The molecule has 1 aromatic rings. The van der Waals surface area contributed by atoms with Gasteiger partial charge in [-0.1, -0.05) is 32.9 Å². The third-order valence-electron chi connectivity index (χ3n) is 3.14. The van der Waals surface area contributed by atoms with Crippen LogP contribution in [0.2, 0.25) is 0 Å². The van der Waals surface area contributed by atoms with Crippen molar-refractivity contribution in [2.45, 2.75) is 39.7 Å². The lowest BCUT2D eigenvalue weighted by atomic mass is 9.96. The third-order valence-corrected chi connectivity index (χ3v) is 3.14. The van der Waals surface area contributed by atoms with Crippen LogP contribution in [-0.2, 0) is 6.42 Å². The van der Waals surface area contributed by atoms with Crippen molar-refractivity contribution in [1.82, 2.24) is 5.32 Å². The molecule has 100 valence electrons. The van der Waals surface area contributed by atoms with Gasteiger partial charge in [0.15, 0.2) is 0 Å². The van der Waals surface area contributed by atoms with Crippen LogP contribution in [0.25, 0.3) is 0 Å². The monoisotopic (exact) mass is 250 g/mol. The van der Waals surface area contributed by atoms with E-state index >= 15 is 0 Å². The van der Waals surface area contributed by atoms with E-state index < -0.39 is 0 Å². The smallest absolute Gasteiger partial charge is 0.269 e.